The van der Waals surface area contributed by atoms with Crippen molar-refractivity contribution < 1.29 is 12.8 Å². The highest BCUT2D eigenvalue weighted by Gasteiger charge is 2.17. The van der Waals surface area contributed by atoms with Crippen LogP contribution in [0, 0.1) is 0 Å². The molecule has 0 amide bonds. The van der Waals surface area contributed by atoms with E-state index in [4.69, 9.17) is 16.0 Å². The van der Waals surface area contributed by atoms with Gasteiger partial charge in [0, 0.05) is 17.0 Å². The van der Waals surface area contributed by atoms with Crippen molar-refractivity contribution in [3.63, 3.8) is 0 Å². The SMILES string of the molecule is O=S(=O)(Nc1nc2cc(Cl)ccc2s1)c1ccc(CCc2ncc(-c3ccccc3)o2)cc1. The van der Waals surface area contributed by atoms with Crippen molar-refractivity contribution in [2.24, 2.45) is 0 Å². The number of benzene rings is 3. The summed E-state index contributed by atoms with van der Waals surface area (Å²) in [5.74, 6) is 1.37. The molecule has 5 rings (SSSR count). The van der Waals surface area contributed by atoms with Gasteiger partial charge >= 0.3 is 0 Å². The molecule has 0 aliphatic heterocycles. The van der Waals surface area contributed by atoms with Crippen molar-refractivity contribution in [3.05, 3.63) is 95.5 Å². The van der Waals surface area contributed by atoms with Crippen LogP contribution in [0.2, 0.25) is 5.02 Å². The number of thiazole rings is 1. The van der Waals surface area contributed by atoms with Gasteiger partial charge in [0.05, 0.1) is 21.3 Å². The molecule has 0 spiro atoms. The van der Waals surface area contributed by atoms with Crippen LogP contribution in [-0.2, 0) is 22.9 Å². The summed E-state index contributed by atoms with van der Waals surface area (Å²) < 4.78 is 34.8. The lowest BCUT2D eigenvalue weighted by molar-refractivity contribution is 0.505. The maximum Gasteiger partial charge on any atom is 0.263 e. The highest BCUT2D eigenvalue weighted by Crippen LogP contribution is 2.29. The maximum atomic E-state index is 12.8. The second-order valence-electron chi connectivity index (χ2n) is 7.36. The van der Waals surface area contributed by atoms with Gasteiger partial charge in [-0.25, -0.2) is 18.4 Å². The summed E-state index contributed by atoms with van der Waals surface area (Å²) >= 11 is 7.24. The predicted octanol–water partition coefficient (Wildman–Crippen LogP) is 6.19. The van der Waals surface area contributed by atoms with Crippen molar-refractivity contribution in [3.8, 4) is 11.3 Å². The summed E-state index contributed by atoms with van der Waals surface area (Å²) in [6.45, 7) is 0. The molecule has 0 fully saturated rings. The molecule has 0 unspecified atom stereocenters. The summed E-state index contributed by atoms with van der Waals surface area (Å²) in [4.78, 5) is 8.84. The Morgan fingerprint density at radius 1 is 0.970 bits per heavy atom. The zero-order valence-electron chi connectivity index (χ0n) is 17.2. The highest BCUT2D eigenvalue weighted by atomic mass is 35.5. The van der Waals surface area contributed by atoms with Gasteiger partial charge in [-0.05, 0) is 42.3 Å². The van der Waals surface area contributed by atoms with Crippen LogP contribution in [0.3, 0.4) is 0 Å². The summed E-state index contributed by atoms with van der Waals surface area (Å²) in [5.41, 5.74) is 2.63. The Bertz CT molecular complexity index is 1510. The van der Waals surface area contributed by atoms with Crippen molar-refractivity contribution >= 4 is 48.3 Å². The Balaban J connectivity index is 1.24. The molecular weight excluding hydrogens is 478 g/mol. The topological polar surface area (TPSA) is 85.1 Å². The number of anilines is 1. The van der Waals surface area contributed by atoms with Crippen LogP contribution in [0.1, 0.15) is 11.5 Å². The minimum absolute atomic E-state index is 0.172. The molecule has 6 nitrogen and oxygen atoms in total. The van der Waals surface area contributed by atoms with E-state index in [1.165, 1.54) is 11.3 Å². The van der Waals surface area contributed by atoms with Crippen LogP contribution in [0.5, 0.6) is 0 Å². The summed E-state index contributed by atoms with van der Waals surface area (Å²) in [6.07, 6.45) is 3.02. The van der Waals surface area contributed by atoms with Gasteiger partial charge in [-0.2, -0.15) is 0 Å². The van der Waals surface area contributed by atoms with Crippen molar-refractivity contribution in [2.75, 3.05) is 4.72 Å². The molecule has 0 radical (unpaired) electrons. The number of fused-ring (bicyclic) bond motifs is 1. The van der Waals surface area contributed by atoms with Crippen molar-refractivity contribution in [1.82, 2.24) is 9.97 Å². The third-order valence-corrected chi connectivity index (χ3v) is 7.72. The van der Waals surface area contributed by atoms with Gasteiger partial charge in [0.15, 0.2) is 16.8 Å². The van der Waals surface area contributed by atoms with Crippen LogP contribution >= 0.6 is 22.9 Å². The Morgan fingerprint density at radius 3 is 2.55 bits per heavy atom. The van der Waals surface area contributed by atoms with E-state index < -0.39 is 10.0 Å². The van der Waals surface area contributed by atoms with Gasteiger partial charge in [-0.1, -0.05) is 65.4 Å². The highest BCUT2D eigenvalue weighted by molar-refractivity contribution is 7.93. The molecule has 0 bridgehead atoms. The lowest BCUT2D eigenvalue weighted by Gasteiger charge is -2.06. The molecule has 5 aromatic rings. The van der Waals surface area contributed by atoms with Crippen LogP contribution in [0.15, 0.2) is 88.3 Å². The molecule has 0 saturated heterocycles. The van der Waals surface area contributed by atoms with Gasteiger partial charge in [0.25, 0.3) is 10.0 Å². The van der Waals surface area contributed by atoms with Crippen LogP contribution in [0.25, 0.3) is 21.5 Å². The first-order valence-corrected chi connectivity index (χ1v) is 12.8. The van der Waals surface area contributed by atoms with E-state index in [0.29, 0.717) is 34.4 Å². The standard InChI is InChI=1S/C24H18ClN3O3S2/c25-18-9-12-22-20(14-18)27-24(32-22)28-33(29,30)19-10-6-16(7-11-19)8-13-23-26-15-21(31-23)17-4-2-1-3-5-17/h1-7,9-12,14-15H,8,13H2,(H,27,28). The first-order chi connectivity index (χ1) is 16.0. The number of oxazole rings is 1. The monoisotopic (exact) mass is 495 g/mol. The number of nitrogens with zero attached hydrogens (tertiary/aromatic N) is 2. The van der Waals surface area contributed by atoms with Gasteiger partial charge < -0.3 is 4.42 Å². The van der Waals surface area contributed by atoms with Gasteiger partial charge in [-0.3, -0.25) is 4.72 Å². The number of aromatic nitrogens is 2. The van der Waals surface area contributed by atoms with Crippen LogP contribution in [0.4, 0.5) is 5.13 Å². The number of aryl methyl sites for hydroxylation is 2. The number of nitrogens with one attached hydrogen (secondary N) is 1. The number of rotatable bonds is 7. The zero-order chi connectivity index (χ0) is 22.8. The molecule has 33 heavy (non-hydrogen) atoms. The van der Waals surface area contributed by atoms with Crippen molar-refractivity contribution in [1.29, 1.82) is 0 Å². The number of hydrogen-bond donors (Lipinski definition) is 1. The largest absolute Gasteiger partial charge is 0.441 e. The smallest absolute Gasteiger partial charge is 0.263 e. The molecule has 3 aromatic carbocycles. The van der Waals surface area contributed by atoms with Crippen LogP contribution in [-0.4, -0.2) is 18.4 Å². The van der Waals surface area contributed by atoms with E-state index in [2.05, 4.69) is 14.7 Å². The first kappa shape index (κ1) is 21.6. The summed E-state index contributed by atoms with van der Waals surface area (Å²) in [7, 11) is -3.75. The van der Waals surface area contributed by atoms with Crippen LogP contribution < -0.4 is 4.72 Å². The third-order valence-electron chi connectivity index (χ3n) is 5.04. The average molecular weight is 496 g/mol. The molecule has 0 aliphatic rings. The van der Waals surface area contributed by atoms with E-state index in [-0.39, 0.29) is 4.90 Å². The minimum atomic E-state index is -3.75. The number of halogens is 1. The minimum Gasteiger partial charge on any atom is -0.441 e. The number of sulfonamides is 1. The summed E-state index contributed by atoms with van der Waals surface area (Å²) in [6, 6.07) is 21.9. The fraction of sp³-hybridized carbons (Fsp3) is 0.0833. The van der Waals surface area contributed by atoms with Gasteiger partial charge in [0.1, 0.15) is 0 Å². The van der Waals surface area contributed by atoms with Gasteiger partial charge in [-0.15, -0.1) is 0 Å². The maximum absolute atomic E-state index is 12.8. The lowest BCUT2D eigenvalue weighted by Crippen LogP contribution is -2.12. The molecule has 9 heteroatoms. The number of hydrogen-bond acceptors (Lipinski definition) is 6. The Morgan fingerprint density at radius 2 is 1.76 bits per heavy atom. The Kier molecular flexibility index (Phi) is 5.88. The van der Waals surface area contributed by atoms with E-state index in [9.17, 15) is 8.42 Å². The molecule has 0 saturated carbocycles. The molecule has 0 aliphatic carbocycles. The van der Waals surface area contributed by atoms with E-state index in [1.807, 2.05) is 36.4 Å². The second-order valence-corrected chi connectivity index (χ2v) is 10.5. The molecule has 2 aromatic heterocycles. The van der Waals surface area contributed by atoms with E-state index in [0.717, 1.165) is 21.6 Å². The first-order valence-electron chi connectivity index (χ1n) is 10.1. The zero-order valence-corrected chi connectivity index (χ0v) is 19.6. The van der Waals surface area contributed by atoms with Crippen molar-refractivity contribution in [2.45, 2.75) is 17.7 Å². The second kappa shape index (κ2) is 8.97. The molecule has 166 valence electrons. The Hall–Kier alpha value is -3.20. The quantitative estimate of drug-likeness (QED) is 0.291. The average Bonchev–Trinajstić information content (AvgIpc) is 3.44. The predicted molar refractivity (Wildman–Crippen MR) is 131 cm³/mol. The fourth-order valence-electron chi connectivity index (χ4n) is 3.37. The third kappa shape index (κ3) is 4.93. The van der Waals surface area contributed by atoms with E-state index >= 15 is 0 Å². The fourth-order valence-corrected chi connectivity index (χ4v) is 5.61. The molecule has 1 N–H and O–H groups in total. The molecular formula is C24H18ClN3O3S2. The van der Waals surface area contributed by atoms with Gasteiger partial charge in [0.2, 0.25) is 0 Å². The lowest BCUT2D eigenvalue weighted by atomic mass is 10.1. The summed E-state index contributed by atoms with van der Waals surface area (Å²) in [5, 5.41) is 0.855. The Labute approximate surface area is 200 Å². The van der Waals surface area contributed by atoms with E-state index in [1.54, 1.807) is 42.6 Å². The molecule has 2 heterocycles. The molecule has 0 atom stereocenters. The normalized spacial score (nSPS) is 11.7.